The molecule has 0 aliphatic rings. The van der Waals surface area contributed by atoms with E-state index in [1.165, 1.54) is 0 Å². The number of esters is 1. The summed E-state index contributed by atoms with van der Waals surface area (Å²) in [6.45, 7) is 9.23. The lowest BCUT2D eigenvalue weighted by molar-refractivity contribution is -0.149. The monoisotopic (exact) mass is 176 g/mol. The minimum absolute atomic E-state index is 0.0803. The van der Waals surface area contributed by atoms with Crippen molar-refractivity contribution in [2.75, 3.05) is 0 Å². The molecule has 0 spiro atoms. The number of hydrogen-bond acceptors (Lipinski definition) is 4. The molecule has 0 saturated carbocycles. The Morgan fingerprint density at radius 1 is 1.33 bits per heavy atom. The van der Waals surface area contributed by atoms with Crippen molar-refractivity contribution in [1.29, 1.82) is 0 Å². The number of carbonyl (C=O) groups excluding carboxylic acids is 1. The molecule has 0 aromatic carbocycles. The molecule has 1 atom stereocenters. The van der Waals surface area contributed by atoms with E-state index in [0.717, 1.165) is 0 Å². The molecule has 0 unspecified atom stereocenters. The van der Waals surface area contributed by atoms with Gasteiger partial charge in [-0.05, 0) is 20.8 Å². The summed E-state index contributed by atoms with van der Waals surface area (Å²) in [5.74, 6) is 4.68. The van der Waals surface area contributed by atoms with Gasteiger partial charge in [-0.2, -0.15) is 0 Å². The molecule has 12 heavy (non-hydrogen) atoms. The molecule has 0 aliphatic carbocycles. The molecule has 4 heteroatoms. The van der Waals surface area contributed by atoms with Crippen LogP contribution in [0.2, 0.25) is 0 Å². The minimum Gasteiger partial charge on any atom is -0.462 e. The summed E-state index contributed by atoms with van der Waals surface area (Å²) in [5, 5.41) is 0. The van der Waals surface area contributed by atoms with Crippen molar-refractivity contribution in [3.8, 4) is 0 Å². The van der Waals surface area contributed by atoms with Crippen LogP contribution in [0.4, 0.5) is 0 Å². The molecular formula is C8H20N2O2. The molecule has 0 bridgehead atoms. The van der Waals surface area contributed by atoms with Gasteiger partial charge in [0.25, 0.3) is 0 Å². The lowest BCUT2D eigenvalue weighted by atomic mass is 10.3. The molecule has 4 nitrogen and oxygen atoms in total. The van der Waals surface area contributed by atoms with E-state index in [9.17, 15) is 4.79 Å². The van der Waals surface area contributed by atoms with Crippen LogP contribution in [-0.4, -0.2) is 18.1 Å². The molecule has 0 radical (unpaired) electrons. The van der Waals surface area contributed by atoms with Crippen molar-refractivity contribution in [3.05, 3.63) is 0 Å². The maximum atomic E-state index is 10.8. The average Bonchev–Trinajstić information content (AvgIpc) is 2.05. The Kier molecular flexibility index (Phi) is 9.86. The average molecular weight is 176 g/mol. The first kappa shape index (κ1) is 13.9. The van der Waals surface area contributed by atoms with Gasteiger partial charge in [0.1, 0.15) is 6.04 Å². The van der Waals surface area contributed by atoms with Gasteiger partial charge in [-0.25, -0.2) is 5.43 Å². The molecule has 74 valence electrons. The molecule has 0 saturated heterocycles. The standard InChI is InChI=1S/C6H14N2O2.C2H6/c1-4(2)10-6(9)5(3)8-7;1-2/h4-5,8H,7H2,1-3H3;1-2H3/t5-;/m0./s1. The van der Waals surface area contributed by atoms with Crippen LogP contribution in [0.25, 0.3) is 0 Å². The highest BCUT2D eigenvalue weighted by molar-refractivity contribution is 5.75. The van der Waals surface area contributed by atoms with Crippen LogP contribution in [0.5, 0.6) is 0 Å². The SMILES string of the molecule is CC.CC(C)OC(=O)[C@H](C)NN. The van der Waals surface area contributed by atoms with E-state index in [-0.39, 0.29) is 12.1 Å². The normalized spacial score (nSPS) is 11.6. The van der Waals surface area contributed by atoms with E-state index < -0.39 is 6.04 Å². The van der Waals surface area contributed by atoms with Crippen LogP contribution < -0.4 is 11.3 Å². The maximum absolute atomic E-state index is 10.8. The van der Waals surface area contributed by atoms with E-state index >= 15 is 0 Å². The van der Waals surface area contributed by atoms with Crippen LogP contribution in [0, 0.1) is 0 Å². The molecular weight excluding hydrogens is 156 g/mol. The molecule has 0 aromatic rings. The highest BCUT2D eigenvalue weighted by atomic mass is 16.5. The zero-order valence-corrected chi connectivity index (χ0v) is 8.55. The Hall–Kier alpha value is -0.610. The van der Waals surface area contributed by atoms with Gasteiger partial charge in [-0.3, -0.25) is 10.6 Å². The fraction of sp³-hybridized carbons (Fsp3) is 0.875. The highest BCUT2D eigenvalue weighted by Gasteiger charge is 2.12. The van der Waals surface area contributed by atoms with E-state index in [1.807, 2.05) is 13.8 Å². The predicted molar refractivity (Wildman–Crippen MR) is 49.4 cm³/mol. The molecule has 0 amide bonds. The van der Waals surface area contributed by atoms with Crippen molar-refractivity contribution >= 4 is 5.97 Å². The van der Waals surface area contributed by atoms with Gasteiger partial charge in [0.05, 0.1) is 6.10 Å². The summed E-state index contributed by atoms with van der Waals surface area (Å²) in [5.41, 5.74) is 2.30. The maximum Gasteiger partial charge on any atom is 0.324 e. The minimum atomic E-state index is -0.428. The van der Waals surface area contributed by atoms with Crippen LogP contribution >= 0.6 is 0 Å². The number of rotatable bonds is 3. The van der Waals surface area contributed by atoms with E-state index in [4.69, 9.17) is 10.6 Å². The third-order valence-corrected chi connectivity index (χ3v) is 0.955. The topological polar surface area (TPSA) is 64.3 Å². The second-order valence-corrected chi connectivity index (χ2v) is 2.37. The Labute approximate surface area is 74.4 Å². The van der Waals surface area contributed by atoms with Crippen LogP contribution in [-0.2, 0) is 9.53 Å². The van der Waals surface area contributed by atoms with Crippen molar-refractivity contribution in [3.63, 3.8) is 0 Å². The van der Waals surface area contributed by atoms with Crippen molar-refractivity contribution in [2.45, 2.75) is 46.8 Å². The third-order valence-electron chi connectivity index (χ3n) is 0.955. The summed E-state index contributed by atoms with van der Waals surface area (Å²) in [4.78, 5) is 10.8. The van der Waals surface area contributed by atoms with Crippen LogP contribution in [0.3, 0.4) is 0 Å². The third kappa shape index (κ3) is 7.50. The Bertz CT molecular complexity index is 116. The summed E-state index contributed by atoms with van der Waals surface area (Å²) in [6, 6.07) is -0.428. The Morgan fingerprint density at radius 2 is 1.75 bits per heavy atom. The number of nitrogens with two attached hydrogens (primary N) is 1. The second kappa shape index (κ2) is 8.49. The summed E-state index contributed by atoms with van der Waals surface area (Å²) >= 11 is 0. The number of ether oxygens (including phenoxy) is 1. The van der Waals surface area contributed by atoms with E-state index in [0.29, 0.717) is 0 Å². The fourth-order valence-electron chi connectivity index (χ4n) is 0.402. The number of carbonyl (C=O) groups is 1. The Balaban J connectivity index is 0. The van der Waals surface area contributed by atoms with Gasteiger partial charge in [0.15, 0.2) is 0 Å². The molecule has 0 aliphatic heterocycles. The van der Waals surface area contributed by atoms with Gasteiger partial charge in [-0.15, -0.1) is 0 Å². The zero-order chi connectivity index (χ0) is 10.1. The smallest absolute Gasteiger partial charge is 0.324 e. The van der Waals surface area contributed by atoms with Gasteiger partial charge in [-0.1, -0.05) is 13.8 Å². The first-order valence-corrected chi connectivity index (χ1v) is 4.24. The summed E-state index contributed by atoms with van der Waals surface area (Å²) in [6.07, 6.45) is -0.0803. The lowest BCUT2D eigenvalue weighted by Crippen LogP contribution is -2.40. The first-order valence-electron chi connectivity index (χ1n) is 4.24. The highest BCUT2D eigenvalue weighted by Crippen LogP contribution is 1.91. The van der Waals surface area contributed by atoms with Gasteiger partial charge < -0.3 is 4.74 Å². The number of nitrogens with one attached hydrogen (secondary N) is 1. The van der Waals surface area contributed by atoms with Crippen LogP contribution in [0.15, 0.2) is 0 Å². The number of hydrogen-bond donors (Lipinski definition) is 2. The largest absolute Gasteiger partial charge is 0.462 e. The van der Waals surface area contributed by atoms with Crippen molar-refractivity contribution in [2.24, 2.45) is 5.84 Å². The molecule has 0 aromatic heterocycles. The summed E-state index contributed by atoms with van der Waals surface area (Å²) in [7, 11) is 0. The van der Waals surface area contributed by atoms with Crippen molar-refractivity contribution in [1.82, 2.24) is 5.43 Å². The fourth-order valence-corrected chi connectivity index (χ4v) is 0.402. The van der Waals surface area contributed by atoms with E-state index in [1.54, 1.807) is 20.8 Å². The quantitative estimate of drug-likeness (QED) is 0.379. The van der Waals surface area contributed by atoms with Crippen LogP contribution in [0.1, 0.15) is 34.6 Å². The van der Waals surface area contributed by atoms with Crippen molar-refractivity contribution < 1.29 is 9.53 Å². The molecule has 0 rings (SSSR count). The lowest BCUT2D eigenvalue weighted by Gasteiger charge is -2.11. The van der Waals surface area contributed by atoms with Gasteiger partial charge in [0, 0.05) is 0 Å². The number of hydrazine groups is 1. The Morgan fingerprint density at radius 3 is 2.00 bits per heavy atom. The molecule has 3 N–H and O–H groups in total. The zero-order valence-electron chi connectivity index (χ0n) is 8.55. The molecule has 0 fully saturated rings. The first-order chi connectivity index (χ1) is 5.57. The van der Waals surface area contributed by atoms with E-state index in [2.05, 4.69) is 5.43 Å². The predicted octanol–water partition coefficient (Wildman–Crippen LogP) is 0.816. The molecule has 0 heterocycles. The summed E-state index contributed by atoms with van der Waals surface area (Å²) < 4.78 is 4.82. The second-order valence-electron chi connectivity index (χ2n) is 2.37. The van der Waals surface area contributed by atoms with Gasteiger partial charge >= 0.3 is 5.97 Å². The van der Waals surface area contributed by atoms with Gasteiger partial charge in [0.2, 0.25) is 0 Å².